The molecule has 0 radical (unpaired) electrons. The maximum Gasteiger partial charge on any atom is 0.337 e. The number of carbonyl (C=O) groups is 1. The van der Waals surface area contributed by atoms with Crippen LogP contribution in [0.15, 0.2) is 53.6 Å². The first-order valence-electron chi connectivity index (χ1n) is 5.02. The van der Waals surface area contributed by atoms with Crippen LogP contribution in [0.3, 0.4) is 0 Å². The molecule has 17 heavy (non-hydrogen) atoms. The minimum Gasteiger partial charge on any atom is -0.478 e. The first-order valence-corrected chi connectivity index (χ1v) is 5.02. The molecule has 0 amide bonds. The van der Waals surface area contributed by atoms with E-state index >= 15 is 0 Å². The van der Waals surface area contributed by atoms with Gasteiger partial charge in [0.15, 0.2) is 0 Å². The van der Waals surface area contributed by atoms with E-state index in [0.29, 0.717) is 0 Å². The van der Waals surface area contributed by atoms with Crippen molar-refractivity contribution < 1.29 is 9.90 Å². The summed E-state index contributed by atoms with van der Waals surface area (Å²) in [5, 5.41) is 12.2. The molecule has 4 nitrogen and oxygen atoms in total. The average Bonchev–Trinajstić information content (AvgIpc) is 2.39. The van der Waals surface area contributed by atoms with Crippen molar-refractivity contribution in [2.24, 2.45) is 5.11 Å². The molecular weight excluding hydrogens is 216 g/mol. The van der Waals surface area contributed by atoms with Gasteiger partial charge < -0.3 is 5.11 Å². The molecule has 2 rings (SSSR count). The van der Waals surface area contributed by atoms with Gasteiger partial charge in [-0.05, 0) is 23.3 Å². The molecule has 0 aliphatic rings. The number of hydrogen-bond acceptors (Lipinski definition) is 3. The van der Waals surface area contributed by atoms with E-state index in [1.807, 2.05) is 30.3 Å². The maximum absolute atomic E-state index is 10.9. The van der Waals surface area contributed by atoms with Crippen LogP contribution in [0.5, 0.6) is 0 Å². The maximum atomic E-state index is 10.9. The van der Waals surface area contributed by atoms with Crippen molar-refractivity contribution in [2.75, 3.05) is 0 Å². The van der Waals surface area contributed by atoms with E-state index in [-0.39, 0.29) is 11.3 Å². The van der Waals surface area contributed by atoms with Gasteiger partial charge in [-0.1, -0.05) is 36.4 Å². The summed E-state index contributed by atoms with van der Waals surface area (Å²) in [6, 6.07) is 14.3. The van der Waals surface area contributed by atoms with Gasteiger partial charge in [-0.2, -0.15) is 5.11 Å². The van der Waals surface area contributed by atoms with Gasteiger partial charge in [0, 0.05) is 0 Å². The van der Waals surface area contributed by atoms with E-state index in [2.05, 4.69) is 5.11 Å². The molecule has 0 saturated heterocycles. The second kappa shape index (κ2) is 4.57. The second-order valence-corrected chi connectivity index (χ2v) is 3.51. The van der Waals surface area contributed by atoms with E-state index in [1.54, 1.807) is 12.1 Å². The van der Waals surface area contributed by atoms with Crippen LogP contribution < -0.4 is 0 Å². The topological polar surface area (TPSA) is 73.5 Å². The summed E-state index contributed by atoms with van der Waals surface area (Å²) in [5.74, 6) is -1.07. The second-order valence-electron chi connectivity index (χ2n) is 3.51. The predicted octanol–water partition coefficient (Wildman–Crippen LogP) is 3.71. The number of rotatable bonds is 3. The molecule has 4 heteroatoms. The quantitative estimate of drug-likeness (QED) is 0.783. The molecule has 84 valence electrons. The molecular formula is C13H10N2O2. The fraction of sp³-hybridized carbons (Fsp3) is 0. The van der Waals surface area contributed by atoms with Crippen LogP contribution >= 0.6 is 0 Å². The van der Waals surface area contributed by atoms with Crippen LogP contribution in [0.25, 0.3) is 11.1 Å². The summed E-state index contributed by atoms with van der Waals surface area (Å²) in [5.41, 5.74) is 9.02. The average molecular weight is 226 g/mol. The van der Waals surface area contributed by atoms with Crippen molar-refractivity contribution in [3.63, 3.8) is 0 Å². The number of nitrogens with zero attached hydrogens (tertiary/aromatic N) is 1. The van der Waals surface area contributed by atoms with Gasteiger partial charge >= 0.3 is 5.97 Å². The van der Waals surface area contributed by atoms with Crippen LogP contribution in [0.1, 0.15) is 10.4 Å². The predicted molar refractivity (Wildman–Crippen MR) is 63.6 cm³/mol. The first kappa shape index (κ1) is 11.0. The third kappa shape index (κ3) is 2.20. The van der Waals surface area contributed by atoms with Gasteiger partial charge in [0.05, 0.1) is 5.56 Å². The molecule has 2 N–H and O–H groups in total. The first-order chi connectivity index (χ1) is 8.22. The Hall–Kier alpha value is -2.49. The van der Waals surface area contributed by atoms with Crippen molar-refractivity contribution in [3.05, 3.63) is 54.1 Å². The zero-order valence-corrected chi connectivity index (χ0v) is 8.92. The Morgan fingerprint density at radius 1 is 1.06 bits per heavy atom. The van der Waals surface area contributed by atoms with Crippen LogP contribution in [0.4, 0.5) is 5.69 Å². The largest absolute Gasteiger partial charge is 0.478 e. The molecule has 0 spiro atoms. The minimum atomic E-state index is -1.07. The molecule has 0 fully saturated rings. The van der Waals surface area contributed by atoms with Crippen molar-refractivity contribution in [1.29, 1.82) is 5.53 Å². The van der Waals surface area contributed by atoms with E-state index in [4.69, 9.17) is 10.6 Å². The van der Waals surface area contributed by atoms with Crippen molar-refractivity contribution in [1.82, 2.24) is 0 Å². The number of carboxylic acid groups (broad SMARTS) is 1. The fourth-order valence-electron chi connectivity index (χ4n) is 1.62. The summed E-state index contributed by atoms with van der Waals surface area (Å²) in [6.45, 7) is 0. The Balaban J connectivity index is 2.53. The molecule has 0 aliphatic carbocycles. The van der Waals surface area contributed by atoms with Gasteiger partial charge in [0.1, 0.15) is 5.69 Å². The third-order valence-corrected chi connectivity index (χ3v) is 2.46. The molecule has 2 aromatic carbocycles. The molecule has 0 heterocycles. The van der Waals surface area contributed by atoms with Crippen LogP contribution in [-0.4, -0.2) is 11.1 Å². The number of benzene rings is 2. The summed E-state index contributed by atoms with van der Waals surface area (Å²) >= 11 is 0. The summed E-state index contributed by atoms with van der Waals surface area (Å²) in [7, 11) is 0. The van der Waals surface area contributed by atoms with Gasteiger partial charge in [-0.15, -0.1) is 0 Å². The van der Waals surface area contributed by atoms with Gasteiger partial charge in [-0.3, -0.25) is 0 Å². The van der Waals surface area contributed by atoms with E-state index < -0.39 is 5.97 Å². The molecule has 0 bridgehead atoms. The van der Waals surface area contributed by atoms with Gasteiger partial charge in [0.25, 0.3) is 0 Å². The van der Waals surface area contributed by atoms with Gasteiger partial charge in [-0.25, -0.2) is 10.3 Å². The molecule has 0 saturated carbocycles. The lowest BCUT2D eigenvalue weighted by Crippen LogP contribution is -1.96. The van der Waals surface area contributed by atoms with E-state index in [1.165, 1.54) is 6.07 Å². The zero-order chi connectivity index (χ0) is 12.3. The van der Waals surface area contributed by atoms with Crippen LogP contribution in [0, 0.1) is 5.53 Å². The monoisotopic (exact) mass is 226 g/mol. The number of hydrogen-bond donors (Lipinski definition) is 2. The molecule has 0 aromatic heterocycles. The number of aromatic carboxylic acids is 1. The fourth-order valence-corrected chi connectivity index (χ4v) is 1.62. The third-order valence-electron chi connectivity index (χ3n) is 2.46. The summed E-state index contributed by atoms with van der Waals surface area (Å²) in [4.78, 5) is 10.9. The lowest BCUT2D eigenvalue weighted by Gasteiger charge is -2.04. The highest BCUT2D eigenvalue weighted by atomic mass is 16.4. The highest BCUT2D eigenvalue weighted by Crippen LogP contribution is 2.27. The van der Waals surface area contributed by atoms with Crippen LogP contribution in [0.2, 0.25) is 0 Å². The highest BCUT2D eigenvalue weighted by Gasteiger charge is 2.10. The minimum absolute atomic E-state index is 0.0414. The lowest BCUT2D eigenvalue weighted by molar-refractivity contribution is 0.0697. The lowest BCUT2D eigenvalue weighted by atomic mass is 10.0. The normalized spacial score (nSPS) is 9.88. The highest BCUT2D eigenvalue weighted by molar-refractivity contribution is 5.94. The Kier molecular flexibility index (Phi) is 2.96. The summed E-state index contributed by atoms with van der Waals surface area (Å²) in [6.07, 6.45) is 0. The Morgan fingerprint density at radius 2 is 1.76 bits per heavy atom. The molecule has 0 unspecified atom stereocenters. The smallest absolute Gasteiger partial charge is 0.337 e. The molecule has 0 atom stereocenters. The summed E-state index contributed by atoms with van der Waals surface area (Å²) < 4.78 is 0. The van der Waals surface area contributed by atoms with E-state index in [9.17, 15) is 4.79 Å². The SMILES string of the molecule is N=Nc1cc(-c2ccccc2)ccc1C(=O)O. The number of carboxylic acids is 1. The van der Waals surface area contributed by atoms with E-state index in [0.717, 1.165) is 11.1 Å². The Bertz CT molecular complexity index is 565. The molecule has 2 aromatic rings. The van der Waals surface area contributed by atoms with Crippen molar-refractivity contribution in [3.8, 4) is 11.1 Å². The zero-order valence-electron chi connectivity index (χ0n) is 8.92. The number of nitrogens with one attached hydrogen (secondary N) is 1. The Labute approximate surface area is 98.0 Å². The standard InChI is InChI=1S/C13H10N2O2/c14-15-12-8-10(6-7-11(12)13(16)17)9-4-2-1-3-5-9/h1-8,14H,(H,16,17). The van der Waals surface area contributed by atoms with Crippen molar-refractivity contribution >= 4 is 11.7 Å². The van der Waals surface area contributed by atoms with Crippen LogP contribution in [-0.2, 0) is 0 Å². The van der Waals surface area contributed by atoms with Crippen molar-refractivity contribution in [2.45, 2.75) is 0 Å². The Morgan fingerprint density at radius 3 is 2.35 bits per heavy atom. The molecule has 0 aliphatic heterocycles. The van der Waals surface area contributed by atoms with Gasteiger partial charge in [0.2, 0.25) is 0 Å².